The molecule has 164 valence electrons. The van der Waals surface area contributed by atoms with Crippen molar-refractivity contribution in [1.29, 1.82) is 0 Å². The van der Waals surface area contributed by atoms with Crippen LogP contribution in [-0.4, -0.2) is 51.9 Å². The number of nitro groups is 1. The summed E-state index contributed by atoms with van der Waals surface area (Å²) in [7, 11) is 0. The summed E-state index contributed by atoms with van der Waals surface area (Å²) in [6.45, 7) is 6.01. The number of nitro benzene ring substituents is 1. The lowest BCUT2D eigenvalue weighted by Gasteiger charge is -2.35. The number of nitrogens with one attached hydrogen (secondary N) is 1. The second kappa shape index (κ2) is 9.01. The summed E-state index contributed by atoms with van der Waals surface area (Å²) >= 11 is 0. The molecule has 0 aliphatic carbocycles. The molecule has 2 heterocycles. The molecule has 9 nitrogen and oxygen atoms in total. The number of carbonyl (C=O) groups excluding carboxylic acids is 1. The highest BCUT2D eigenvalue weighted by Crippen LogP contribution is 2.23. The zero-order chi connectivity index (χ0) is 22.7. The first-order chi connectivity index (χ1) is 15.4. The Hall–Kier alpha value is -4.01. The Balaban J connectivity index is 1.45. The van der Waals surface area contributed by atoms with E-state index < -0.39 is 4.92 Å². The van der Waals surface area contributed by atoms with Crippen LogP contribution in [0.25, 0.3) is 0 Å². The second-order valence-electron chi connectivity index (χ2n) is 7.74. The largest absolute Gasteiger partial charge is 0.353 e. The third-order valence-corrected chi connectivity index (χ3v) is 5.37. The van der Waals surface area contributed by atoms with E-state index in [-0.39, 0.29) is 17.2 Å². The Kier molecular flexibility index (Phi) is 5.98. The molecular formula is C23H24N6O3. The van der Waals surface area contributed by atoms with E-state index in [4.69, 9.17) is 0 Å². The number of para-hydroxylation sites is 1. The summed E-state index contributed by atoms with van der Waals surface area (Å²) in [6.07, 6.45) is 0. The van der Waals surface area contributed by atoms with E-state index in [1.54, 1.807) is 17.0 Å². The van der Waals surface area contributed by atoms with E-state index >= 15 is 0 Å². The van der Waals surface area contributed by atoms with Gasteiger partial charge >= 0.3 is 0 Å². The van der Waals surface area contributed by atoms with Crippen LogP contribution in [-0.2, 0) is 0 Å². The number of hydrogen-bond acceptors (Lipinski definition) is 7. The quantitative estimate of drug-likeness (QED) is 0.484. The van der Waals surface area contributed by atoms with Crippen LogP contribution >= 0.6 is 0 Å². The molecule has 1 N–H and O–H groups in total. The Morgan fingerprint density at radius 3 is 2.38 bits per heavy atom. The number of amides is 1. The van der Waals surface area contributed by atoms with Gasteiger partial charge in [-0.15, -0.1) is 0 Å². The van der Waals surface area contributed by atoms with Gasteiger partial charge in [0.05, 0.1) is 4.92 Å². The van der Waals surface area contributed by atoms with Gasteiger partial charge in [0.2, 0.25) is 5.95 Å². The van der Waals surface area contributed by atoms with Crippen LogP contribution in [0, 0.1) is 24.0 Å². The first-order valence-corrected chi connectivity index (χ1v) is 10.4. The molecule has 0 unspecified atom stereocenters. The van der Waals surface area contributed by atoms with Gasteiger partial charge in [0.15, 0.2) is 0 Å². The van der Waals surface area contributed by atoms with Crippen LogP contribution in [0.1, 0.15) is 21.6 Å². The van der Waals surface area contributed by atoms with Gasteiger partial charge in [-0.25, -0.2) is 4.98 Å². The number of benzene rings is 2. The lowest BCUT2D eigenvalue weighted by atomic mass is 10.1. The zero-order valence-electron chi connectivity index (χ0n) is 18.0. The topological polar surface area (TPSA) is 105 Å². The maximum Gasteiger partial charge on any atom is 0.282 e. The van der Waals surface area contributed by atoms with E-state index in [0.29, 0.717) is 32.1 Å². The first kappa shape index (κ1) is 21.2. The molecule has 4 rings (SSSR count). The second-order valence-corrected chi connectivity index (χ2v) is 7.74. The summed E-state index contributed by atoms with van der Waals surface area (Å²) in [4.78, 5) is 36.5. The molecular weight excluding hydrogens is 408 g/mol. The summed E-state index contributed by atoms with van der Waals surface area (Å²) < 4.78 is 0. The number of hydrogen-bond donors (Lipinski definition) is 1. The van der Waals surface area contributed by atoms with E-state index in [1.165, 1.54) is 17.7 Å². The van der Waals surface area contributed by atoms with Crippen molar-refractivity contribution in [2.45, 2.75) is 13.8 Å². The van der Waals surface area contributed by atoms with Crippen molar-refractivity contribution in [2.24, 2.45) is 0 Å². The molecule has 1 aliphatic rings. The number of anilines is 3. The van der Waals surface area contributed by atoms with E-state index in [2.05, 4.69) is 20.2 Å². The smallest absolute Gasteiger partial charge is 0.282 e. The molecule has 0 atom stereocenters. The van der Waals surface area contributed by atoms with Crippen molar-refractivity contribution in [3.05, 3.63) is 81.5 Å². The van der Waals surface area contributed by atoms with Crippen LogP contribution in [0.15, 0.2) is 54.6 Å². The van der Waals surface area contributed by atoms with Crippen molar-refractivity contribution in [3.8, 4) is 0 Å². The molecule has 3 aromatic rings. The first-order valence-electron chi connectivity index (χ1n) is 10.4. The highest BCUT2D eigenvalue weighted by atomic mass is 16.6. The molecule has 1 aromatic heterocycles. The number of nitrogens with zero attached hydrogens (tertiary/aromatic N) is 5. The molecule has 2 aromatic carbocycles. The van der Waals surface area contributed by atoms with Crippen molar-refractivity contribution in [3.63, 3.8) is 0 Å². The number of piperazine rings is 1. The molecule has 1 amide bonds. The van der Waals surface area contributed by atoms with Crippen LogP contribution in [0.3, 0.4) is 0 Å². The number of aryl methyl sites for hydroxylation is 2. The van der Waals surface area contributed by atoms with Crippen molar-refractivity contribution < 1.29 is 9.72 Å². The Morgan fingerprint density at radius 1 is 1.00 bits per heavy atom. The summed E-state index contributed by atoms with van der Waals surface area (Å²) in [5.74, 6) is 0.977. The van der Waals surface area contributed by atoms with Crippen LogP contribution in [0.5, 0.6) is 0 Å². The van der Waals surface area contributed by atoms with E-state index in [1.807, 2.05) is 44.2 Å². The highest BCUT2D eigenvalue weighted by molar-refractivity contribution is 5.98. The molecule has 0 spiro atoms. The molecule has 32 heavy (non-hydrogen) atoms. The molecule has 1 saturated heterocycles. The van der Waals surface area contributed by atoms with Gasteiger partial charge in [-0.2, -0.15) is 4.98 Å². The van der Waals surface area contributed by atoms with Gasteiger partial charge in [-0.1, -0.05) is 29.8 Å². The predicted molar refractivity (Wildman–Crippen MR) is 122 cm³/mol. The summed E-state index contributed by atoms with van der Waals surface area (Å²) in [5, 5.41) is 14.5. The van der Waals surface area contributed by atoms with Crippen molar-refractivity contribution in [1.82, 2.24) is 14.9 Å². The van der Waals surface area contributed by atoms with Crippen molar-refractivity contribution in [2.75, 3.05) is 36.4 Å². The SMILES string of the molecule is Cc1ccc(Nc2nc(C)cc(N3CCN(C(=O)c4ccccc4[N+](=O)[O-])CC3)n2)cc1. The Morgan fingerprint density at radius 2 is 1.69 bits per heavy atom. The van der Waals surface area contributed by atoms with Gasteiger partial charge in [-0.05, 0) is 32.0 Å². The van der Waals surface area contributed by atoms with Crippen LogP contribution in [0.4, 0.5) is 23.1 Å². The summed E-state index contributed by atoms with van der Waals surface area (Å²) in [5.41, 5.74) is 2.87. The summed E-state index contributed by atoms with van der Waals surface area (Å²) in [6, 6.07) is 16.0. The predicted octanol–water partition coefficient (Wildman–Crippen LogP) is 3.71. The fourth-order valence-corrected chi connectivity index (χ4v) is 3.66. The third-order valence-electron chi connectivity index (χ3n) is 5.37. The molecule has 0 radical (unpaired) electrons. The normalized spacial score (nSPS) is 13.7. The Bertz CT molecular complexity index is 1140. The minimum atomic E-state index is -0.518. The number of rotatable bonds is 5. The van der Waals surface area contributed by atoms with Gasteiger partial charge in [0.25, 0.3) is 11.6 Å². The fourth-order valence-electron chi connectivity index (χ4n) is 3.66. The monoisotopic (exact) mass is 432 g/mol. The average molecular weight is 432 g/mol. The zero-order valence-corrected chi connectivity index (χ0v) is 18.0. The maximum atomic E-state index is 12.9. The van der Waals surface area contributed by atoms with Crippen LogP contribution < -0.4 is 10.2 Å². The van der Waals surface area contributed by atoms with E-state index in [9.17, 15) is 14.9 Å². The minimum Gasteiger partial charge on any atom is -0.353 e. The van der Waals surface area contributed by atoms with Crippen LogP contribution in [0.2, 0.25) is 0 Å². The van der Waals surface area contributed by atoms with Gasteiger partial charge in [-0.3, -0.25) is 14.9 Å². The lowest BCUT2D eigenvalue weighted by Crippen LogP contribution is -2.49. The van der Waals surface area contributed by atoms with Crippen molar-refractivity contribution >= 4 is 29.0 Å². The molecule has 9 heteroatoms. The number of carbonyl (C=O) groups is 1. The standard InChI is InChI=1S/C23H24N6O3/c1-16-7-9-18(10-8-16)25-23-24-17(2)15-21(26-23)27-11-13-28(14-12-27)22(30)19-5-3-4-6-20(19)29(31)32/h3-10,15H,11-14H2,1-2H3,(H,24,25,26). The van der Waals surface area contributed by atoms with E-state index in [0.717, 1.165) is 17.2 Å². The van der Waals surface area contributed by atoms with Gasteiger partial charge in [0.1, 0.15) is 11.4 Å². The minimum absolute atomic E-state index is 0.119. The average Bonchev–Trinajstić information content (AvgIpc) is 2.80. The molecule has 1 aliphatic heterocycles. The van der Waals surface area contributed by atoms with Gasteiger partial charge < -0.3 is 15.1 Å². The highest BCUT2D eigenvalue weighted by Gasteiger charge is 2.27. The van der Waals surface area contributed by atoms with Gasteiger partial charge in [0, 0.05) is 49.7 Å². The lowest BCUT2D eigenvalue weighted by molar-refractivity contribution is -0.385. The molecule has 0 bridgehead atoms. The number of aromatic nitrogens is 2. The third kappa shape index (κ3) is 4.66. The maximum absolute atomic E-state index is 12.9. The molecule has 0 saturated carbocycles. The molecule has 1 fully saturated rings. The fraction of sp³-hybridized carbons (Fsp3) is 0.261. The Labute approximate surface area is 185 Å².